The number of alkyl carbamates (subject to hydrolysis) is 1. The van der Waals surface area contributed by atoms with E-state index in [2.05, 4.69) is 4.84 Å². The maximum absolute atomic E-state index is 12.4. The maximum Gasteiger partial charge on any atom is 0.409 e. The summed E-state index contributed by atoms with van der Waals surface area (Å²) in [5.41, 5.74) is -0.920. The number of hydrogen-bond acceptors (Lipinski definition) is 8. The van der Waals surface area contributed by atoms with Gasteiger partial charge in [0.15, 0.2) is 0 Å². The molecule has 2 heterocycles. The van der Waals surface area contributed by atoms with Gasteiger partial charge >= 0.3 is 12.1 Å². The molecule has 0 aromatic heterocycles. The monoisotopic (exact) mass is 367 g/mol. The Bertz CT molecular complexity index is 687. The highest BCUT2D eigenvalue weighted by atomic mass is 16.7. The molecule has 1 atom stereocenters. The van der Waals surface area contributed by atoms with Crippen LogP contribution in [0, 0.1) is 0 Å². The number of imide groups is 2. The Morgan fingerprint density at radius 1 is 1.04 bits per heavy atom. The summed E-state index contributed by atoms with van der Waals surface area (Å²) < 4.78 is 4.99. The zero-order valence-corrected chi connectivity index (χ0v) is 14.3. The third-order valence-corrected chi connectivity index (χ3v) is 3.17. The van der Waals surface area contributed by atoms with E-state index in [1.165, 1.54) is 0 Å². The average Bonchev–Trinajstić information content (AvgIpc) is 2.99. The van der Waals surface area contributed by atoms with E-state index in [1.54, 1.807) is 20.8 Å². The molecule has 1 N–H and O–H groups in total. The van der Waals surface area contributed by atoms with Crippen molar-refractivity contribution < 1.29 is 38.3 Å². The minimum atomic E-state index is -1.92. The van der Waals surface area contributed by atoms with Gasteiger partial charge in [0.05, 0.1) is 0 Å². The molecule has 0 aliphatic carbocycles. The molecule has 11 nitrogen and oxygen atoms in total. The third-order valence-electron chi connectivity index (χ3n) is 3.17. The number of nitrogens with zero attached hydrogens (tertiary/aromatic N) is 2. The fraction of sp³-hybridized carbons (Fsp3) is 0.467. The molecule has 2 aliphatic heterocycles. The lowest BCUT2D eigenvalue weighted by molar-refractivity contribution is -0.202. The van der Waals surface area contributed by atoms with Crippen LogP contribution < -0.4 is 5.32 Å². The number of hydrogen-bond donors (Lipinski definition) is 1. The van der Waals surface area contributed by atoms with Crippen molar-refractivity contribution in [1.82, 2.24) is 15.3 Å². The molecule has 1 fully saturated rings. The topological polar surface area (TPSA) is 139 Å². The van der Waals surface area contributed by atoms with Crippen LogP contribution >= 0.6 is 0 Å². The first-order valence-corrected chi connectivity index (χ1v) is 7.62. The molecule has 140 valence electrons. The third kappa shape index (κ3) is 4.23. The Kier molecular flexibility index (Phi) is 5.10. The van der Waals surface area contributed by atoms with Gasteiger partial charge in [0.25, 0.3) is 23.6 Å². The number of hydroxylamine groups is 2. The average molecular weight is 367 g/mol. The molecular weight excluding hydrogens is 350 g/mol. The van der Waals surface area contributed by atoms with Gasteiger partial charge in [-0.05, 0) is 20.8 Å². The van der Waals surface area contributed by atoms with Crippen molar-refractivity contribution in [3.8, 4) is 0 Å². The number of carbonyl (C=O) groups excluding carboxylic acids is 6. The molecule has 2 rings (SSSR count). The van der Waals surface area contributed by atoms with E-state index < -0.39 is 47.5 Å². The predicted octanol–water partition coefficient (Wildman–Crippen LogP) is -0.631. The van der Waals surface area contributed by atoms with Crippen LogP contribution in [-0.4, -0.2) is 57.4 Å². The first-order valence-electron chi connectivity index (χ1n) is 7.62. The van der Waals surface area contributed by atoms with Crippen LogP contribution in [0.2, 0.25) is 0 Å². The SMILES string of the molecule is CC(C)(C)OC(=O)N[C@@H](C(=O)ON1C(=O)CCC1=O)N1C(=O)C=CC1=O. The van der Waals surface area contributed by atoms with Crippen LogP contribution in [0.15, 0.2) is 12.2 Å². The van der Waals surface area contributed by atoms with Crippen LogP contribution in [0.1, 0.15) is 33.6 Å². The number of amides is 5. The Labute approximate surface area is 147 Å². The Hall–Kier alpha value is -3.24. The molecule has 1 saturated heterocycles. The fourth-order valence-corrected chi connectivity index (χ4v) is 2.11. The summed E-state index contributed by atoms with van der Waals surface area (Å²) in [6.45, 7) is 4.69. The van der Waals surface area contributed by atoms with E-state index in [0.717, 1.165) is 12.2 Å². The number of rotatable bonds is 4. The van der Waals surface area contributed by atoms with Crippen molar-refractivity contribution in [2.24, 2.45) is 0 Å². The van der Waals surface area contributed by atoms with E-state index in [1.807, 2.05) is 5.32 Å². The molecule has 0 aromatic carbocycles. The summed E-state index contributed by atoms with van der Waals surface area (Å²) >= 11 is 0. The van der Waals surface area contributed by atoms with Gasteiger partial charge in [0.2, 0.25) is 6.17 Å². The summed E-state index contributed by atoms with van der Waals surface area (Å²) in [6.07, 6.45) is -1.51. The smallest absolute Gasteiger partial charge is 0.409 e. The summed E-state index contributed by atoms with van der Waals surface area (Å²) in [6, 6.07) is 0. The number of ether oxygens (including phenoxy) is 1. The van der Waals surface area contributed by atoms with Gasteiger partial charge in [-0.2, -0.15) is 0 Å². The van der Waals surface area contributed by atoms with Crippen molar-refractivity contribution in [3.05, 3.63) is 12.2 Å². The number of nitrogens with one attached hydrogen (secondary N) is 1. The quantitative estimate of drug-likeness (QED) is 0.648. The molecule has 0 spiro atoms. The molecule has 0 saturated carbocycles. The van der Waals surface area contributed by atoms with E-state index in [0.29, 0.717) is 4.90 Å². The molecule has 5 amide bonds. The van der Waals surface area contributed by atoms with Crippen LogP contribution in [0.25, 0.3) is 0 Å². The lowest BCUT2D eigenvalue weighted by Crippen LogP contribution is -2.57. The first kappa shape index (κ1) is 19.1. The molecule has 11 heteroatoms. The second kappa shape index (κ2) is 6.94. The van der Waals surface area contributed by atoms with Crippen molar-refractivity contribution >= 4 is 35.7 Å². The summed E-state index contributed by atoms with van der Waals surface area (Å²) in [5, 5.41) is 2.28. The zero-order chi connectivity index (χ0) is 19.6. The molecule has 0 bridgehead atoms. The van der Waals surface area contributed by atoms with Gasteiger partial charge in [-0.1, -0.05) is 0 Å². The zero-order valence-electron chi connectivity index (χ0n) is 14.3. The Morgan fingerprint density at radius 2 is 1.54 bits per heavy atom. The van der Waals surface area contributed by atoms with Gasteiger partial charge < -0.3 is 9.57 Å². The minimum Gasteiger partial charge on any atom is -0.444 e. The summed E-state index contributed by atoms with van der Waals surface area (Å²) in [4.78, 5) is 76.2. The molecule has 0 radical (unpaired) electrons. The second-order valence-electron chi connectivity index (χ2n) is 6.42. The van der Waals surface area contributed by atoms with Crippen molar-refractivity contribution in [2.45, 2.75) is 45.4 Å². The van der Waals surface area contributed by atoms with E-state index in [4.69, 9.17) is 4.74 Å². The highest BCUT2D eigenvalue weighted by molar-refractivity contribution is 6.15. The molecule has 2 aliphatic rings. The highest BCUT2D eigenvalue weighted by Crippen LogP contribution is 2.16. The largest absolute Gasteiger partial charge is 0.444 e. The molecule has 0 unspecified atom stereocenters. The first-order chi connectivity index (χ1) is 12.0. The lowest BCUT2D eigenvalue weighted by Gasteiger charge is -2.27. The van der Waals surface area contributed by atoms with Crippen LogP contribution in [-0.2, 0) is 33.5 Å². The van der Waals surface area contributed by atoms with Crippen molar-refractivity contribution in [1.29, 1.82) is 0 Å². The maximum atomic E-state index is 12.4. The van der Waals surface area contributed by atoms with E-state index in [9.17, 15) is 28.8 Å². The highest BCUT2D eigenvalue weighted by Gasteiger charge is 2.42. The van der Waals surface area contributed by atoms with Gasteiger partial charge in [-0.3, -0.25) is 24.5 Å². The molecular formula is C15H17N3O8. The summed E-state index contributed by atoms with van der Waals surface area (Å²) in [5.74, 6) is -4.64. The van der Waals surface area contributed by atoms with Gasteiger partial charge in [-0.15, -0.1) is 5.06 Å². The van der Waals surface area contributed by atoms with Crippen LogP contribution in [0.5, 0.6) is 0 Å². The predicted molar refractivity (Wildman–Crippen MR) is 81.3 cm³/mol. The number of carbonyl (C=O) groups is 6. The standard InChI is InChI=1S/C15H17N3O8/c1-15(2,3)25-14(24)16-12(17-8(19)4-5-9(17)20)13(23)26-18-10(21)6-7-11(18)22/h4-5,12H,6-7H2,1-3H3,(H,16,24)/t12-/m1/s1. The lowest BCUT2D eigenvalue weighted by atomic mass is 10.2. The van der Waals surface area contributed by atoms with Crippen LogP contribution in [0.3, 0.4) is 0 Å². The minimum absolute atomic E-state index is 0.139. The van der Waals surface area contributed by atoms with Crippen LogP contribution in [0.4, 0.5) is 4.79 Å². The van der Waals surface area contributed by atoms with Crippen molar-refractivity contribution in [3.63, 3.8) is 0 Å². The normalized spacial score (nSPS) is 18.4. The Morgan fingerprint density at radius 3 is 2.00 bits per heavy atom. The van der Waals surface area contributed by atoms with Gasteiger partial charge in [0, 0.05) is 25.0 Å². The van der Waals surface area contributed by atoms with Crippen molar-refractivity contribution in [2.75, 3.05) is 0 Å². The molecule has 26 heavy (non-hydrogen) atoms. The molecule has 0 aromatic rings. The Balaban J connectivity index is 2.19. The second-order valence-corrected chi connectivity index (χ2v) is 6.42. The van der Waals surface area contributed by atoms with Gasteiger partial charge in [-0.25, -0.2) is 14.5 Å². The van der Waals surface area contributed by atoms with E-state index in [-0.39, 0.29) is 17.9 Å². The van der Waals surface area contributed by atoms with E-state index >= 15 is 0 Å². The van der Waals surface area contributed by atoms with Gasteiger partial charge in [0.1, 0.15) is 5.60 Å². The fourth-order valence-electron chi connectivity index (χ4n) is 2.11. The summed E-state index contributed by atoms with van der Waals surface area (Å²) in [7, 11) is 0.